The van der Waals surface area contributed by atoms with Crippen molar-refractivity contribution in [3.8, 4) is 0 Å². The van der Waals surface area contributed by atoms with Crippen LogP contribution in [0.25, 0.3) is 0 Å². The van der Waals surface area contributed by atoms with Crippen LogP contribution in [0.5, 0.6) is 0 Å². The van der Waals surface area contributed by atoms with Crippen molar-refractivity contribution >= 4 is 47.7 Å². The van der Waals surface area contributed by atoms with E-state index in [9.17, 15) is 0 Å². The number of benzene rings is 6. The molecule has 0 saturated carbocycles. The van der Waals surface area contributed by atoms with Gasteiger partial charge in [-0.1, -0.05) is 179 Å². The van der Waals surface area contributed by atoms with Crippen molar-refractivity contribution in [3.05, 3.63) is 179 Å². The van der Waals surface area contributed by atoms with E-state index < -0.39 is 15.8 Å². The molecule has 0 spiro atoms. The Morgan fingerprint density at radius 2 is 0.333 bits per heavy atom. The second-order valence-electron chi connectivity index (χ2n) is 11.7. The third-order valence-corrected chi connectivity index (χ3v) is 12.6. The van der Waals surface area contributed by atoms with Gasteiger partial charge in [-0.2, -0.15) is 0 Å². The van der Waals surface area contributed by atoms with Crippen LogP contribution in [0.2, 0.25) is 0 Å². The van der Waals surface area contributed by atoms with Gasteiger partial charge in [0.25, 0.3) is 0 Å². The van der Waals surface area contributed by atoms with Crippen LogP contribution in [0.4, 0.5) is 0 Å². The molecule has 0 atom stereocenters. The van der Waals surface area contributed by atoms with Gasteiger partial charge in [0.1, 0.15) is 0 Å². The maximum absolute atomic E-state index is 2.28. The molecule has 0 aliphatic heterocycles. The first kappa shape index (κ1) is 34.5. The van der Waals surface area contributed by atoms with E-state index in [1.807, 2.05) is 0 Å². The zero-order valence-corrected chi connectivity index (χ0v) is 29.8. The molecule has 0 radical (unpaired) electrons. The molecular formula is C42H42NiP2. The second kappa shape index (κ2) is 16.3. The number of aryl methyl sites for hydroxylation is 6. The first-order chi connectivity index (χ1) is 21.3. The van der Waals surface area contributed by atoms with Gasteiger partial charge in [-0.05, 0) is 89.2 Å². The van der Waals surface area contributed by atoms with E-state index in [1.165, 1.54) is 65.2 Å². The van der Waals surface area contributed by atoms with Crippen LogP contribution < -0.4 is 31.8 Å². The summed E-state index contributed by atoms with van der Waals surface area (Å²) in [5.74, 6) is 0. The monoisotopic (exact) mass is 666 g/mol. The quantitative estimate of drug-likeness (QED) is 0.123. The molecule has 0 N–H and O–H groups in total. The minimum atomic E-state index is -0.483. The minimum Gasteiger partial charge on any atom is -0.0587 e. The third kappa shape index (κ3) is 9.35. The average molecular weight is 667 g/mol. The van der Waals surface area contributed by atoms with Crippen molar-refractivity contribution in [3.63, 3.8) is 0 Å². The molecular weight excluding hydrogens is 625 g/mol. The standard InChI is InChI=1S/2C21H21P.Ni/c2*1-16-4-10-19(11-5-16)22(20-12-6-17(2)7-13-20)21-14-8-18(3)9-15-21;/h2*4-15H,1-3H3;. The molecule has 230 valence electrons. The van der Waals surface area contributed by atoms with Crippen LogP contribution in [-0.2, 0) is 16.5 Å². The van der Waals surface area contributed by atoms with Gasteiger partial charge in [0, 0.05) is 16.5 Å². The van der Waals surface area contributed by atoms with E-state index in [-0.39, 0.29) is 16.5 Å². The second-order valence-corrected chi connectivity index (χ2v) is 16.1. The summed E-state index contributed by atoms with van der Waals surface area (Å²) in [6.45, 7) is 12.9. The third-order valence-electron chi connectivity index (χ3n) is 7.75. The van der Waals surface area contributed by atoms with Gasteiger partial charge >= 0.3 is 0 Å². The Hall–Kier alpha value is -3.33. The van der Waals surface area contributed by atoms with E-state index in [0.717, 1.165) is 0 Å². The normalized spacial score (nSPS) is 10.7. The van der Waals surface area contributed by atoms with Gasteiger partial charge in [0.2, 0.25) is 0 Å². The SMILES string of the molecule is Cc1ccc(P(c2ccc(C)cc2)c2ccc(C)cc2)cc1.Cc1ccc(P(c2ccc(C)cc2)c2ccc(C)cc2)cc1.[Ni]. The summed E-state index contributed by atoms with van der Waals surface area (Å²) in [5, 5.41) is 8.46. The molecule has 0 bridgehead atoms. The summed E-state index contributed by atoms with van der Waals surface area (Å²) in [7, 11) is -0.966. The first-order valence-corrected chi connectivity index (χ1v) is 18.0. The topological polar surface area (TPSA) is 0 Å². The van der Waals surface area contributed by atoms with Gasteiger partial charge in [0.15, 0.2) is 0 Å². The van der Waals surface area contributed by atoms with E-state index in [2.05, 4.69) is 187 Å². The predicted molar refractivity (Wildman–Crippen MR) is 199 cm³/mol. The Labute approximate surface area is 283 Å². The van der Waals surface area contributed by atoms with Crippen molar-refractivity contribution in [2.24, 2.45) is 0 Å². The van der Waals surface area contributed by atoms with Gasteiger partial charge in [-0.15, -0.1) is 0 Å². The summed E-state index contributed by atoms with van der Waals surface area (Å²) in [6, 6.07) is 53.9. The molecule has 45 heavy (non-hydrogen) atoms. The Balaban J connectivity index is 0.000000200. The molecule has 0 nitrogen and oxygen atoms in total. The Bertz CT molecular complexity index is 1400. The van der Waals surface area contributed by atoms with Gasteiger partial charge in [0.05, 0.1) is 0 Å². The number of rotatable bonds is 6. The van der Waals surface area contributed by atoms with Crippen LogP contribution in [-0.4, -0.2) is 0 Å². The zero-order chi connectivity index (χ0) is 31.1. The number of hydrogen-bond acceptors (Lipinski definition) is 0. The van der Waals surface area contributed by atoms with Crippen molar-refractivity contribution in [2.75, 3.05) is 0 Å². The summed E-state index contributed by atoms with van der Waals surface area (Å²) >= 11 is 0. The molecule has 6 rings (SSSR count). The van der Waals surface area contributed by atoms with Crippen molar-refractivity contribution in [1.82, 2.24) is 0 Å². The minimum absolute atomic E-state index is 0. The fourth-order valence-corrected chi connectivity index (χ4v) is 9.53. The van der Waals surface area contributed by atoms with Gasteiger partial charge in [-0.25, -0.2) is 0 Å². The molecule has 0 saturated heterocycles. The number of hydrogen-bond donors (Lipinski definition) is 0. The van der Waals surface area contributed by atoms with E-state index in [1.54, 1.807) is 0 Å². The zero-order valence-electron chi connectivity index (χ0n) is 27.1. The fourth-order valence-electron chi connectivity index (χ4n) is 5.06. The summed E-state index contributed by atoms with van der Waals surface area (Å²) in [4.78, 5) is 0. The van der Waals surface area contributed by atoms with Crippen LogP contribution in [0.3, 0.4) is 0 Å². The molecule has 0 aromatic heterocycles. The Morgan fingerprint density at radius 1 is 0.222 bits per heavy atom. The molecule has 0 heterocycles. The van der Waals surface area contributed by atoms with Gasteiger partial charge in [-0.3, -0.25) is 0 Å². The molecule has 3 heteroatoms. The van der Waals surface area contributed by atoms with E-state index in [0.29, 0.717) is 0 Å². The van der Waals surface area contributed by atoms with Crippen LogP contribution in [0.1, 0.15) is 33.4 Å². The van der Waals surface area contributed by atoms with Crippen molar-refractivity contribution < 1.29 is 16.5 Å². The fraction of sp³-hybridized carbons (Fsp3) is 0.143. The first-order valence-electron chi connectivity index (χ1n) is 15.3. The summed E-state index contributed by atoms with van der Waals surface area (Å²) in [6.07, 6.45) is 0. The molecule has 6 aromatic rings. The Kier molecular flexibility index (Phi) is 12.5. The summed E-state index contributed by atoms with van der Waals surface area (Å²) < 4.78 is 0. The van der Waals surface area contributed by atoms with Crippen LogP contribution in [0, 0.1) is 41.5 Å². The van der Waals surface area contributed by atoms with Crippen LogP contribution in [0.15, 0.2) is 146 Å². The molecule has 0 unspecified atom stereocenters. The molecule has 0 aliphatic carbocycles. The van der Waals surface area contributed by atoms with E-state index in [4.69, 9.17) is 0 Å². The maximum Gasteiger partial charge on any atom is 0 e. The predicted octanol–water partition coefficient (Wildman–Crippen LogP) is 8.74. The van der Waals surface area contributed by atoms with Crippen molar-refractivity contribution in [1.29, 1.82) is 0 Å². The van der Waals surface area contributed by atoms with Gasteiger partial charge < -0.3 is 0 Å². The largest absolute Gasteiger partial charge is 0.0587 e. The average Bonchev–Trinajstić information content (AvgIpc) is 3.03. The maximum atomic E-state index is 2.28. The molecule has 0 amide bonds. The molecule has 0 fully saturated rings. The van der Waals surface area contributed by atoms with Crippen LogP contribution >= 0.6 is 15.8 Å². The van der Waals surface area contributed by atoms with Crippen molar-refractivity contribution in [2.45, 2.75) is 41.5 Å². The van der Waals surface area contributed by atoms with E-state index >= 15 is 0 Å². The Morgan fingerprint density at radius 3 is 0.444 bits per heavy atom. The summed E-state index contributed by atoms with van der Waals surface area (Å²) in [5.41, 5.74) is 7.87. The molecule has 6 aromatic carbocycles. The molecule has 0 aliphatic rings. The smallest absolute Gasteiger partial charge is 0 e.